The van der Waals surface area contributed by atoms with Crippen molar-refractivity contribution in [1.82, 2.24) is 9.78 Å². The second-order valence-electron chi connectivity index (χ2n) is 4.50. The molecule has 0 amide bonds. The van der Waals surface area contributed by atoms with Gasteiger partial charge < -0.3 is 9.84 Å². The minimum atomic E-state index is -0.493. The molecule has 0 bridgehead atoms. The summed E-state index contributed by atoms with van der Waals surface area (Å²) in [6.45, 7) is 6.91. The van der Waals surface area contributed by atoms with Gasteiger partial charge in [0.15, 0.2) is 0 Å². The minimum Gasteiger partial charge on any atom is -0.390 e. The molecule has 2 atom stereocenters. The average molecular weight is 319 g/mol. The summed E-state index contributed by atoms with van der Waals surface area (Å²) in [7, 11) is 1.65. The van der Waals surface area contributed by atoms with Crippen molar-refractivity contribution in [2.75, 3.05) is 7.11 Å². The van der Waals surface area contributed by atoms with Crippen LogP contribution in [0.2, 0.25) is 0 Å². The van der Waals surface area contributed by atoms with Crippen molar-refractivity contribution in [1.29, 1.82) is 0 Å². The summed E-state index contributed by atoms with van der Waals surface area (Å²) in [5, 5.41) is 14.7. The highest BCUT2D eigenvalue weighted by molar-refractivity contribution is 9.10. The zero-order valence-corrected chi connectivity index (χ0v) is 13.2. The lowest BCUT2D eigenvalue weighted by atomic mass is 10.0. The molecular weight excluding hydrogens is 296 g/mol. The summed E-state index contributed by atoms with van der Waals surface area (Å²) >= 11 is 3.55. The van der Waals surface area contributed by atoms with Gasteiger partial charge in [-0.2, -0.15) is 5.10 Å². The first kappa shape index (κ1) is 15.7. The van der Waals surface area contributed by atoms with Crippen molar-refractivity contribution in [3.05, 3.63) is 15.9 Å². The van der Waals surface area contributed by atoms with Crippen LogP contribution in [0.1, 0.15) is 38.1 Å². The first-order valence-corrected chi connectivity index (χ1v) is 7.27. The third kappa shape index (κ3) is 3.56. The highest BCUT2D eigenvalue weighted by Gasteiger charge is 2.22. The Morgan fingerprint density at radius 1 is 1.44 bits per heavy atom. The van der Waals surface area contributed by atoms with Gasteiger partial charge in [-0.05, 0) is 36.2 Å². The van der Waals surface area contributed by atoms with E-state index < -0.39 is 6.10 Å². The second-order valence-corrected chi connectivity index (χ2v) is 5.29. The molecule has 0 aliphatic rings. The van der Waals surface area contributed by atoms with Crippen LogP contribution in [-0.4, -0.2) is 34.2 Å². The number of nitrogens with zero attached hydrogens (tertiary/aromatic N) is 2. The molecule has 0 aliphatic heterocycles. The van der Waals surface area contributed by atoms with Crippen molar-refractivity contribution in [2.24, 2.45) is 0 Å². The third-order valence-corrected chi connectivity index (χ3v) is 4.19. The zero-order chi connectivity index (χ0) is 13.7. The number of rotatable bonds is 7. The van der Waals surface area contributed by atoms with Crippen LogP contribution in [0.25, 0.3) is 0 Å². The van der Waals surface area contributed by atoms with Crippen LogP contribution in [0.15, 0.2) is 4.47 Å². The van der Waals surface area contributed by atoms with E-state index in [0.29, 0.717) is 6.42 Å². The number of aryl methyl sites for hydroxylation is 2. The van der Waals surface area contributed by atoms with E-state index in [4.69, 9.17) is 4.74 Å². The lowest BCUT2D eigenvalue weighted by Crippen LogP contribution is -2.30. The van der Waals surface area contributed by atoms with Crippen molar-refractivity contribution >= 4 is 15.9 Å². The molecule has 0 spiro atoms. The molecule has 18 heavy (non-hydrogen) atoms. The number of halogens is 1. The average Bonchev–Trinajstić information content (AvgIpc) is 2.63. The molecule has 0 aromatic carbocycles. The van der Waals surface area contributed by atoms with Gasteiger partial charge in [-0.25, -0.2) is 0 Å². The third-order valence-electron chi connectivity index (χ3n) is 3.16. The molecule has 0 saturated carbocycles. The van der Waals surface area contributed by atoms with Crippen molar-refractivity contribution in [3.63, 3.8) is 0 Å². The molecule has 0 aliphatic carbocycles. The maximum atomic E-state index is 10.3. The van der Waals surface area contributed by atoms with Crippen molar-refractivity contribution in [3.8, 4) is 0 Å². The van der Waals surface area contributed by atoms with Gasteiger partial charge in [0, 0.05) is 20.1 Å². The highest BCUT2D eigenvalue weighted by Crippen LogP contribution is 2.23. The maximum absolute atomic E-state index is 10.3. The fourth-order valence-corrected chi connectivity index (χ4v) is 2.59. The summed E-state index contributed by atoms with van der Waals surface area (Å²) < 4.78 is 8.28. The molecule has 1 heterocycles. The predicted octanol–water partition coefficient (Wildman–Crippen LogP) is 2.69. The number of aliphatic hydroxyl groups is 1. The van der Waals surface area contributed by atoms with E-state index in [0.717, 1.165) is 35.2 Å². The Bertz CT molecular complexity index is 379. The lowest BCUT2D eigenvalue weighted by Gasteiger charge is -2.21. The smallest absolute Gasteiger partial charge is 0.0857 e. The zero-order valence-electron chi connectivity index (χ0n) is 11.6. The van der Waals surface area contributed by atoms with Gasteiger partial charge in [0.05, 0.1) is 28.1 Å². The van der Waals surface area contributed by atoms with Gasteiger partial charge in [-0.3, -0.25) is 4.68 Å². The van der Waals surface area contributed by atoms with Crippen molar-refractivity contribution in [2.45, 2.75) is 58.8 Å². The summed E-state index contributed by atoms with van der Waals surface area (Å²) in [4.78, 5) is 0. The Hall–Kier alpha value is -0.390. The van der Waals surface area contributed by atoms with Gasteiger partial charge in [0.2, 0.25) is 0 Å². The van der Waals surface area contributed by atoms with E-state index >= 15 is 0 Å². The largest absolute Gasteiger partial charge is 0.390 e. The van der Waals surface area contributed by atoms with Crippen LogP contribution in [0.5, 0.6) is 0 Å². The molecule has 4 nitrogen and oxygen atoms in total. The van der Waals surface area contributed by atoms with Gasteiger partial charge >= 0.3 is 0 Å². The molecule has 104 valence electrons. The van der Waals surface area contributed by atoms with Crippen LogP contribution in [-0.2, 0) is 17.7 Å². The van der Waals surface area contributed by atoms with E-state index in [-0.39, 0.29) is 6.10 Å². The molecule has 1 N–H and O–H groups in total. The van der Waals surface area contributed by atoms with Crippen molar-refractivity contribution < 1.29 is 9.84 Å². The lowest BCUT2D eigenvalue weighted by molar-refractivity contribution is -0.0168. The van der Waals surface area contributed by atoms with Gasteiger partial charge in [-0.15, -0.1) is 0 Å². The summed E-state index contributed by atoms with van der Waals surface area (Å²) in [6.07, 6.45) is 1.83. The normalized spacial score (nSPS) is 14.8. The molecule has 1 aromatic rings. The molecule has 2 unspecified atom stereocenters. The fraction of sp³-hybridized carbons (Fsp3) is 0.769. The molecular formula is C13H23BrN2O2. The number of hydrogen-bond donors (Lipinski definition) is 1. The SMILES string of the molecule is CCCC(OC)C(O)Cc1c(Br)c(C)nn1CC. The van der Waals surface area contributed by atoms with Crippen LogP contribution in [0.3, 0.4) is 0 Å². The van der Waals surface area contributed by atoms with Crippen LogP contribution in [0.4, 0.5) is 0 Å². The number of aliphatic hydroxyl groups excluding tert-OH is 1. The van der Waals surface area contributed by atoms with Crippen LogP contribution >= 0.6 is 15.9 Å². The topological polar surface area (TPSA) is 47.3 Å². The Balaban J connectivity index is 2.83. The molecule has 1 aromatic heterocycles. The number of aromatic nitrogens is 2. The van der Waals surface area contributed by atoms with E-state index in [2.05, 4.69) is 34.9 Å². The molecule has 0 saturated heterocycles. The molecule has 0 radical (unpaired) electrons. The van der Waals surface area contributed by atoms with E-state index in [1.807, 2.05) is 11.6 Å². The fourth-order valence-electron chi connectivity index (χ4n) is 2.15. The van der Waals surface area contributed by atoms with Crippen LogP contribution < -0.4 is 0 Å². The van der Waals surface area contributed by atoms with E-state index in [1.54, 1.807) is 7.11 Å². The van der Waals surface area contributed by atoms with Crippen LogP contribution in [0, 0.1) is 6.92 Å². The maximum Gasteiger partial charge on any atom is 0.0857 e. The Labute approximate surface area is 117 Å². The summed E-state index contributed by atoms with van der Waals surface area (Å²) in [6, 6.07) is 0. The molecule has 5 heteroatoms. The van der Waals surface area contributed by atoms with E-state index in [1.165, 1.54) is 0 Å². The summed E-state index contributed by atoms with van der Waals surface area (Å²) in [5.74, 6) is 0. The molecule has 1 rings (SSSR count). The van der Waals surface area contributed by atoms with Gasteiger partial charge in [0.1, 0.15) is 0 Å². The van der Waals surface area contributed by atoms with Gasteiger partial charge in [-0.1, -0.05) is 13.3 Å². The monoisotopic (exact) mass is 318 g/mol. The van der Waals surface area contributed by atoms with E-state index in [9.17, 15) is 5.11 Å². The Kier molecular flexibility index (Phi) is 6.32. The second kappa shape index (κ2) is 7.26. The number of methoxy groups -OCH3 is 1. The number of hydrogen-bond acceptors (Lipinski definition) is 3. The molecule has 0 fully saturated rings. The predicted molar refractivity (Wildman–Crippen MR) is 75.8 cm³/mol. The Morgan fingerprint density at radius 3 is 2.61 bits per heavy atom. The minimum absolute atomic E-state index is 0.109. The first-order chi connectivity index (χ1) is 8.54. The first-order valence-electron chi connectivity index (χ1n) is 6.47. The Morgan fingerprint density at radius 2 is 2.11 bits per heavy atom. The summed E-state index contributed by atoms with van der Waals surface area (Å²) in [5.41, 5.74) is 2.00. The van der Waals surface area contributed by atoms with Gasteiger partial charge in [0.25, 0.3) is 0 Å². The standard InChI is InChI=1S/C13H23BrN2O2/c1-5-7-12(18-4)11(17)8-10-13(14)9(3)15-16(10)6-2/h11-12,17H,5-8H2,1-4H3. The highest BCUT2D eigenvalue weighted by atomic mass is 79.9. The number of ether oxygens (including phenoxy) is 1. The quantitative estimate of drug-likeness (QED) is 0.840.